The zero-order valence-corrected chi connectivity index (χ0v) is 12.2. The van der Waals surface area contributed by atoms with Crippen molar-refractivity contribution in [2.45, 2.75) is 23.5 Å². The second-order valence-electron chi connectivity index (χ2n) is 4.75. The highest BCUT2D eigenvalue weighted by molar-refractivity contribution is 7.92. The Bertz CT molecular complexity index is 741. The number of hydrogen-bond donors (Lipinski definition) is 1. The maximum atomic E-state index is 12.6. The van der Waals surface area contributed by atoms with Crippen LogP contribution in [0.1, 0.15) is 12.0 Å². The summed E-state index contributed by atoms with van der Waals surface area (Å²) in [5, 5.41) is 0. The highest BCUT2D eigenvalue weighted by Crippen LogP contribution is 2.30. The van der Waals surface area contributed by atoms with Gasteiger partial charge in [0.15, 0.2) is 9.84 Å². The molecule has 0 aromatic heterocycles. The molecule has 0 radical (unpaired) electrons. The Balaban J connectivity index is 2.25. The van der Waals surface area contributed by atoms with Crippen molar-refractivity contribution in [2.24, 2.45) is 0 Å². The summed E-state index contributed by atoms with van der Waals surface area (Å²) in [5.41, 5.74) is -1.08. The first-order chi connectivity index (χ1) is 9.50. The maximum absolute atomic E-state index is 12.6. The van der Waals surface area contributed by atoms with E-state index in [0.29, 0.717) is 6.07 Å². The van der Waals surface area contributed by atoms with E-state index in [1.54, 1.807) is 0 Å². The topological polar surface area (TPSA) is 80.3 Å². The molecule has 0 bridgehead atoms. The van der Waals surface area contributed by atoms with Crippen LogP contribution in [0.3, 0.4) is 0 Å². The highest BCUT2D eigenvalue weighted by atomic mass is 32.2. The number of alkyl halides is 3. The van der Waals surface area contributed by atoms with Crippen molar-refractivity contribution in [1.82, 2.24) is 4.72 Å². The SMILES string of the molecule is O=S1(=O)CCC(NS(=O)(=O)c2cccc(C(F)(F)F)c2)C1. The van der Waals surface area contributed by atoms with E-state index in [-0.39, 0.29) is 17.9 Å². The van der Waals surface area contributed by atoms with E-state index < -0.39 is 42.5 Å². The van der Waals surface area contributed by atoms with E-state index in [1.807, 2.05) is 0 Å². The summed E-state index contributed by atoms with van der Waals surface area (Å²) in [6, 6.07) is 2.49. The Kier molecular flexibility index (Phi) is 4.06. The summed E-state index contributed by atoms with van der Waals surface area (Å²) >= 11 is 0. The normalized spacial score (nSPS) is 22.3. The van der Waals surface area contributed by atoms with Crippen molar-refractivity contribution < 1.29 is 30.0 Å². The second-order valence-corrected chi connectivity index (χ2v) is 8.69. The fourth-order valence-electron chi connectivity index (χ4n) is 2.01. The minimum atomic E-state index is -4.65. The van der Waals surface area contributed by atoms with E-state index in [9.17, 15) is 30.0 Å². The molecule has 1 aliphatic heterocycles. The third-order valence-corrected chi connectivity index (χ3v) is 6.31. The molecule has 10 heteroatoms. The number of sulfonamides is 1. The third kappa shape index (κ3) is 3.95. The van der Waals surface area contributed by atoms with Crippen molar-refractivity contribution >= 4 is 19.9 Å². The molecule has 21 heavy (non-hydrogen) atoms. The Labute approximate surface area is 120 Å². The fourth-order valence-corrected chi connectivity index (χ4v) is 5.11. The average Bonchev–Trinajstić information content (AvgIpc) is 2.67. The quantitative estimate of drug-likeness (QED) is 0.893. The van der Waals surface area contributed by atoms with Gasteiger partial charge in [0.25, 0.3) is 0 Å². The lowest BCUT2D eigenvalue weighted by Gasteiger charge is -2.13. The summed E-state index contributed by atoms with van der Waals surface area (Å²) in [6.45, 7) is 0. The molecule has 0 saturated carbocycles. The van der Waals surface area contributed by atoms with Crippen LogP contribution < -0.4 is 4.72 Å². The standard InChI is InChI=1S/C11H12F3NO4S2/c12-11(13,14)8-2-1-3-10(6-8)21(18,19)15-9-4-5-20(16,17)7-9/h1-3,6,9,15H,4-5,7H2. The maximum Gasteiger partial charge on any atom is 0.416 e. The highest BCUT2D eigenvalue weighted by Gasteiger charge is 2.34. The molecule has 1 atom stereocenters. The monoisotopic (exact) mass is 343 g/mol. The average molecular weight is 343 g/mol. The largest absolute Gasteiger partial charge is 0.416 e. The molecule has 0 aliphatic carbocycles. The molecule has 1 aromatic carbocycles. The van der Waals surface area contributed by atoms with Crippen LogP contribution in [-0.4, -0.2) is 34.4 Å². The summed E-state index contributed by atoms with van der Waals surface area (Å²) in [4.78, 5) is -0.540. The van der Waals surface area contributed by atoms with Crippen LogP contribution in [0.4, 0.5) is 13.2 Å². The van der Waals surface area contributed by atoms with Gasteiger partial charge in [0, 0.05) is 6.04 Å². The van der Waals surface area contributed by atoms with E-state index in [1.165, 1.54) is 0 Å². The van der Waals surface area contributed by atoms with Gasteiger partial charge in [-0.2, -0.15) is 13.2 Å². The van der Waals surface area contributed by atoms with Crippen molar-refractivity contribution in [2.75, 3.05) is 11.5 Å². The molecule has 1 N–H and O–H groups in total. The molecule has 1 aromatic rings. The first-order valence-electron chi connectivity index (χ1n) is 5.90. The summed E-state index contributed by atoms with van der Waals surface area (Å²) in [7, 11) is -7.48. The second kappa shape index (κ2) is 5.25. The number of benzene rings is 1. The van der Waals surface area contributed by atoms with Crippen LogP contribution in [0.2, 0.25) is 0 Å². The smallest absolute Gasteiger partial charge is 0.229 e. The minimum Gasteiger partial charge on any atom is -0.229 e. The summed E-state index contributed by atoms with van der Waals surface area (Å²) in [5.74, 6) is -0.478. The van der Waals surface area contributed by atoms with Crippen molar-refractivity contribution in [3.05, 3.63) is 29.8 Å². The summed E-state index contributed by atoms with van der Waals surface area (Å²) < 4.78 is 86.4. The Morgan fingerprint density at radius 3 is 2.43 bits per heavy atom. The van der Waals surface area contributed by atoms with Crippen LogP contribution >= 0.6 is 0 Å². The van der Waals surface area contributed by atoms with Crippen molar-refractivity contribution in [3.63, 3.8) is 0 Å². The van der Waals surface area contributed by atoms with E-state index in [0.717, 1.165) is 18.2 Å². The van der Waals surface area contributed by atoms with Gasteiger partial charge in [0.2, 0.25) is 10.0 Å². The molecule has 0 amide bonds. The Hall–Kier alpha value is -1.13. The number of rotatable bonds is 3. The molecule has 1 aliphatic rings. The zero-order valence-electron chi connectivity index (χ0n) is 10.6. The predicted octanol–water partition coefficient (Wildman–Crippen LogP) is 1.17. The number of sulfone groups is 1. The predicted molar refractivity (Wildman–Crippen MR) is 68.8 cm³/mol. The molecular formula is C11H12F3NO4S2. The van der Waals surface area contributed by atoms with Gasteiger partial charge in [-0.25, -0.2) is 21.6 Å². The van der Waals surface area contributed by atoms with Gasteiger partial charge in [0.05, 0.1) is 22.0 Å². The fraction of sp³-hybridized carbons (Fsp3) is 0.455. The van der Waals surface area contributed by atoms with Crippen LogP contribution in [0.25, 0.3) is 0 Å². The molecule has 2 rings (SSSR count). The minimum absolute atomic E-state index is 0.112. The molecule has 1 saturated heterocycles. The molecule has 5 nitrogen and oxygen atoms in total. The lowest BCUT2D eigenvalue weighted by molar-refractivity contribution is -0.137. The van der Waals surface area contributed by atoms with Gasteiger partial charge >= 0.3 is 6.18 Å². The Morgan fingerprint density at radius 1 is 1.24 bits per heavy atom. The molecule has 1 unspecified atom stereocenters. The molecule has 0 spiro atoms. The lowest BCUT2D eigenvalue weighted by atomic mass is 10.2. The van der Waals surface area contributed by atoms with Crippen LogP contribution in [0.5, 0.6) is 0 Å². The van der Waals surface area contributed by atoms with Gasteiger partial charge < -0.3 is 0 Å². The first-order valence-corrected chi connectivity index (χ1v) is 9.20. The molecular weight excluding hydrogens is 331 g/mol. The van der Waals surface area contributed by atoms with Gasteiger partial charge in [-0.05, 0) is 24.6 Å². The zero-order chi connectivity index (χ0) is 15.9. The van der Waals surface area contributed by atoms with Crippen LogP contribution in [0.15, 0.2) is 29.2 Å². The van der Waals surface area contributed by atoms with Gasteiger partial charge in [-0.15, -0.1) is 0 Å². The van der Waals surface area contributed by atoms with Crippen LogP contribution in [0, 0.1) is 0 Å². The van der Waals surface area contributed by atoms with Gasteiger partial charge in [-0.1, -0.05) is 6.07 Å². The number of nitrogens with one attached hydrogen (secondary N) is 1. The van der Waals surface area contributed by atoms with Gasteiger partial charge in [-0.3, -0.25) is 0 Å². The van der Waals surface area contributed by atoms with Crippen LogP contribution in [-0.2, 0) is 26.0 Å². The van der Waals surface area contributed by atoms with E-state index >= 15 is 0 Å². The van der Waals surface area contributed by atoms with E-state index in [2.05, 4.69) is 4.72 Å². The first kappa shape index (κ1) is 16.2. The number of halogens is 3. The molecule has 118 valence electrons. The van der Waals surface area contributed by atoms with Crippen molar-refractivity contribution in [3.8, 4) is 0 Å². The lowest BCUT2D eigenvalue weighted by Crippen LogP contribution is -2.35. The van der Waals surface area contributed by atoms with Gasteiger partial charge in [0.1, 0.15) is 0 Å². The molecule has 1 fully saturated rings. The third-order valence-electron chi connectivity index (χ3n) is 3.03. The summed E-state index contributed by atoms with van der Waals surface area (Å²) in [6.07, 6.45) is -4.54. The van der Waals surface area contributed by atoms with Crippen molar-refractivity contribution in [1.29, 1.82) is 0 Å². The molecule has 1 heterocycles. The van der Waals surface area contributed by atoms with E-state index in [4.69, 9.17) is 0 Å². The Morgan fingerprint density at radius 2 is 1.90 bits per heavy atom. The number of hydrogen-bond acceptors (Lipinski definition) is 4.